The normalized spacial score (nSPS) is 16.7. The van der Waals surface area contributed by atoms with E-state index in [1.54, 1.807) is 58.0 Å². The maximum Gasteiger partial charge on any atom is 0.326 e. The van der Waals surface area contributed by atoms with Crippen LogP contribution in [-0.2, 0) is 70.4 Å². The third kappa shape index (κ3) is 23.0. The van der Waals surface area contributed by atoms with Crippen LogP contribution in [-0.4, -0.2) is 198 Å². The predicted octanol–water partition coefficient (Wildman–Crippen LogP) is -3.98. The second-order valence-electron chi connectivity index (χ2n) is 21.1. The summed E-state index contributed by atoms with van der Waals surface area (Å²) in [5, 5.41) is 69.4. The molecule has 30 nitrogen and oxygen atoms in total. The van der Waals surface area contributed by atoms with E-state index in [9.17, 15) is 83.1 Å². The van der Waals surface area contributed by atoms with Gasteiger partial charge in [0.05, 0.1) is 31.5 Å². The fourth-order valence-corrected chi connectivity index (χ4v) is 8.91. The largest absolute Gasteiger partial charge is 0.481 e. The van der Waals surface area contributed by atoms with Gasteiger partial charge in [0.15, 0.2) is 0 Å². The number of aromatic nitrogens is 2. The lowest BCUT2D eigenvalue weighted by Crippen LogP contribution is -2.62. The molecule has 0 saturated carbocycles. The number of hydrogen-bond acceptors (Lipinski definition) is 17. The number of carbonyl (C=O) groups excluding carboxylic acids is 9. The van der Waals surface area contributed by atoms with Gasteiger partial charge in [0.2, 0.25) is 53.2 Å². The van der Waals surface area contributed by atoms with E-state index in [4.69, 9.17) is 11.5 Å². The summed E-state index contributed by atoms with van der Waals surface area (Å²) in [5.74, 6) is -14.5. The third-order valence-electron chi connectivity index (χ3n) is 13.4. The van der Waals surface area contributed by atoms with Crippen LogP contribution in [0.15, 0.2) is 42.9 Å². The summed E-state index contributed by atoms with van der Waals surface area (Å²) in [5.41, 5.74) is 12.8. The maximum absolute atomic E-state index is 14.1. The van der Waals surface area contributed by atoms with E-state index in [2.05, 4.69) is 52.5 Å². The quantitative estimate of drug-likeness (QED) is 0.0289. The Balaban J connectivity index is 1.80. The number of rotatable bonds is 36. The summed E-state index contributed by atoms with van der Waals surface area (Å²) in [7, 11) is 0. The molecule has 0 aliphatic carbocycles. The molecule has 1 fully saturated rings. The topological polar surface area (TPSA) is 486 Å². The maximum atomic E-state index is 14.1. The number of nitrogens with zero attached hydrogens (tertiary/aromatic N) is 2. The number of aliphatic hydroxyl groups excluding tert-OH is 2. The first-order valence-electron chi connectivity index (χ1n) is 27.3. The standard InChI is InChI=1S/C53H81N13O17/c1-27(2)20-35(48(77)65-43(29(5)68)51(80)64-42(28(3)4)50(79)59-34(53(82)83)14-9-10-18-54)61-47(76)37(23-41(71)72)62-45(74)33(16-17-40(69)70)58-49(78)39-15-11-19-66(39)52(81)38(25-67)63-46(75)36(21-30-12-7-6-8-13-30)60-44(73)32(55)22-31-24-56-26-57-31/h6-8,12-13,24,26-29,32-39,42-43,67-68H,9-11,14-23,25,54-55H2,1-5H3,(H,56,57)(H,58,78)(H,59,79)(H,60,73)(H,61,76)(H,62,74)(H,63,75)(H,64,80)(H,65,77)(H,69,70)(H,71,72)(H,82,83)/t29-,32+,33+,34+,35+,36+,37+,38+,39+,42+,43+/m1/s1. The minimum absolute atomic E-state index is 0.0183. The molecule has 18 N–H and O–H groups in total. The van der Waals surface area contributed by atoms with Gasteiger partial charge in [0.25, 0.3) is 0 Å². The Bertz CT molecular complexity index is 2530. The molecule has 3 rings (SSSR count). The Hall–Kier alpha value is -8.09. The van der Waals surface area contributed by atoms with Gasteiger partial charge in [0.1, 0.15) is 54.4 Å². The molecule has 0 bridgehead atoms. The minimum atomic E-state index is -2.00. The first-order valence-corrected chi connectivity index (χ1v) is 27.3. The highest BCUT2D eigenvalue weighted by Gasteiger charge is 2.41. The van der Waals surface area contributed by atoms with Gasteiger partial charge in [-0.2, -0.15) is 0 Å². The number of imidazole rings is 1. The van der Waals surface area contributed by atoms with E-state index in [1.807, 2.05) is 0 Å². The van der Waals surface area contributed by atoms with E-state index >= 15 is 0 Å². The van der Waals surface area contributed by atoms with Crippen molar-refractivity contribution in [2.75, 3.05) is 19.7 Å². The fraction of sp³-hybridized carbons (Fsp3) is 0.604. The van der Waals surface area contributed by atoms with Crippen molar-refractivity contribution in [2.24, 2.45) is 23.3 Å². The number of hydrogen-bond donors (Lipinski definition) is 16. The molecule has 1 aliphatic heterocycles. The Morgan fingerprint density at radius 2 is 1.24 bits per heavy atom. The highest BCUT2D eigenvalue weighted by Crippen LogP contribution is 2.20. The molecule has 1 aliphatic rings. The third-order valence-corrected chi connectivity index (χ3v) is 13.4. The fourth-order valence-electron chi connectivity index (χ4n) is 8.91. The zero-order chi connectivity index (χ0) is 62.1. The van der Waals surface area contributed by atoms with Crippen LogP contribution in [0.4, 0.5) is 0 Å². The van der Waals surface area contributed by atoms with Crippen molar-refractivity contribution in [1.29, 1.82) is 0 Å². The van der Waals surface area contributed by atoms with E-state index in [-0.39, 0.29) is 51.0 Å². The molecule has 0 radical (unpaired) electrons. The van der Waals surface area contributed by atoms with E-state index in [1.165, 1.54) is 12.5 Å². The molecular weight excluding hydrogens is 1090 g/mol. The number of nitrogens with two attached hydrogens (primary N) is 2. The number of carboxylic acids is 3. The average Bonchev–Trinajstić information content (AvgIpc) is 4.32. The van der Waals surface area contributed by atoms with E-state index in [0.717, 1.165) is 11.8 Å². The summed E-state index contributed by atoms with van der Waals surface area (Å²) in [6, 6.07) is -6.78. The number of benzene rings is 1. The summed E-state index contributed by atoms with van der Waals surface area (Å²) in [4.78, 5) is 168. The molecule has 83 heavy (non-hydrogen) atoms. The second kappa shape index (κ2) is 34.4. The Morgan fingerprint density at radius 1 is 0.663 bits per heavy atom. The lowest BCUT2D eigenvalue weighted by Gasteiger charge is -2.30. The van der Waals surface area contributed by atoms with Gasteiger partial charge in [-0.05, 0) is 75.8 Å². The van der Waals surface area contributed by atoms with Crippen molar-refractivity contribution < 1.29 is 83.1 Å². The summed E-state index contributed by atoms with van der Waals surface area (Å²) >= 11 is 0. The van der Waals surface area contributed by atoms with Gasteiger partial charge in [0, 0.05) is 37.7 Å². The Labute approximate surface area is 479 Å². The van der Waals surface area contributed by atoms with Crippen LogP contribution >= 0.6 is 0 Å². The van der Waals surface area contributed by atoms with Crippen molar-refractivity contribution in [2.45, 2.75) is 172 Å². The SMILES string of the molecule is CC(C)C[C@H](NC(=O)[C@H](CC(=O)O)NC(=O)[C@H](CCC(=O)O)NC(=O)[C@@H]1CCCN1C(=O)[C@H](CO)NC(=O)[C@H](Cc1ccccc1)NC(=O)[C@@H](N)Cc1cnc[nH]1)C(=O)N[C@H](C(=O)N[C@H](C(=O)N[C@@H](CCCCN)C(=O)O)C(C)C)[C@@H](C)O. The molecular formula is C53H81N13O17. The molecule has 0 unspecified atom stereocenters. The highest BCUT2D eigenvalue weighted by atomic mass is 16.4. The Morgan fingerprint density at radius 3 is 1.81 bits per heavy atom. The predicted molar refractivity (Wildman–Crippen MR) is 293 cm³/mol. The molecule has 9 amide bonds. The molecule has 1 aromatic heterocycles. The van der Waals surface area contributed by atoms with Crippen LogP contribution in [0.2, 0.25) is 0 Å². The molecule has 460 valence electrons. The highest BCUT2D eigenvalue weighted by molar-refractivity contribution is 5.99. The summed E-state index contributed by atoms with van der Waals surface area (Å²) in [6.07, 6.45) is -0.339. The van der Waals surface area contributed by atoms with Gasteiger partial charge in [-0.15, -0.1) is 0 Å². The number of carboxylic acid groups (broad SMARTS) is 3. The average molecular weight is 1170 g/mol. The van der Waals surface area contributed by atoms with Gasteiger partial charge in [-0.25, -0.2) is 9.78 Å². The van der Waals surface area contributed by atoms with E-state index < -0.39 is 169 Å². The number of nitrogens with one attached hydrogen (secondary N) is 9. The van der Waals surface area contributed by atoms with Gasteiger partial charge >= 0.3 is 17.9 Å². The first-order chi connectivity index (χ1) is 39.2. The van der Waals surface area contributed by atoms with Crippen molar-refractivity contribution in [3.05, 3.63) is 54.1 Å². The first kappa shape index (κ1) is 69.2. The number of aromatic amines is 1. The van der Waals surface area contributed by atoms with Crippen LogP contribution in [0, 0.1) is 11.8 Å². The van der Waals surface area contributed by atoms with E-state index in [0.29, 0.717) is 30.6 Å². The molecule has 0 spiro atoms. The number of carbonyl (C=O) groups is 12. The molecule has 11 atom stereocenters. The molecule has 1 saturated heterocycles. The number of aliphatic hydroxyl groups is 2. The lowest BCUT2D eigenvalue weighted by molar-refractivity contribution is -0.144. The number of unbranched alkanes of at least 4 members (excludes halogenated alkanes) is 1. The zero-order valence-corrected chi connectivity index (χ0v) is 47.1. The van der Waals surface area contributed by atoms with Crippen molar-refractivity contribution >= 4 is 71.1 Å². The van der Waals surface area contributed by atoms with Crippen molar-refractivity contribution in [1.82, 2.24) is 57.4 Å². The van der Waals surface area contributed by atoms with Crippen LogP contribution in [0.1, 0.15) is 104 Å². The monoisotopic (exact) mass is 1170 g/mol. The molecule has 2 heterocycles. The number of H-pyrrole nitrogens is 1. The van der Waals surface area contributed by atoms with Gasteiger partial charge < -0.3 is 89.4 Å². The van der Waals surface area contributed by atoms with Crippen LogP contribution in [0.25, 0.3) is 0 Å². The van der Waals surface area contributed by atoms with Crippen LogP contribution in [0.5, 0.6) is 0 Å². The smallest absolute Gasteiger partial charge is 0.326 e. The number of aliphatic carboxylic acids is 3. The van der Waals surface area contributed by atoms with Crippen LogP contribution in [0.3, 0.4) is 0 Å². The molecule has 1 aromatic carbocycles. The van der Waals surface area contributed by atoms with Crippen molar-refractivity contribution in [3.63, 3.8) is 0 Å². The Kier molecular flexibility index (Phi) is 28.7. The van der Waals surface area contributed by atoms with Gasteiger partial charge in [-0.3, -0.25) is 52.7 Å². The number of amides is 9. The minimum Gasteiger partial charge on any atom is -0.481 e. The second-order valence-corrected chi connectivity index (χ2v) is 21.1. The number of likely N-dealkylation sites (tertiary alicyclic amines) is 1. The lowest BCUT2D eigenvalue weighted by atomic mass is 10.00. The summed E-state index contributed by atoms with van der Waals surface area (Å²) < 4.78 is 0. The molecule has 30 heteroatoms. The van der Waals surface area contributed by atoms with Crippen LogP contribution < -0.4 is 54.0 Å². The molecule has 2 aromatic rings. The summed E-state index contributed by atoms with van der Waals surface area (Å²) in [6.45, 7) is 6.79. The zero-order valence-electron chi connectivity index (χ0n) is 47.1. The van der Waals surface area contributed by atoms with Crippen molar-refractivity contribution in [3.8, 4) is 0 Å². The van der Waals surface area contributed by atoms with Gasteiger partial charge in [-0.1, -0.05) is 58.0 Å².